The van der Waals surface area contributed by atoms with E-state index >= 15 is 0 Å². The molecule has 0 fully saturated rings. The molecule has 1 atom stereocenters. The van der Waals surface area contributed by atoms with Crippen LogP contribution in [0, 0.1) is 15.9 Å². The summed E-state index contributed by atoms with van der Waals surface area (Å²) in [5.74, 6) is -0.601. The van der Waals surface area contributed by atoms with E-state index in [9.17, 15) is 19.3 Å². The summed E-state index contributed by atoms with van der Waals surface area (Å²) in [4.78, 5) is 22.7. The van der Waals surface area contributed by atoms with Crippen LogP contribution in [0.2, 0.25) is 0 Å². The van der Waals surface area contributed by atoms with Gasteiger partial charge in [0, 0.05) is 5.56 Å². The van der Waals surface area contributed by atoms with Crippen molar-refractivity contribution in [2.75, 3.05) is 7.11 Å². The summed E-state index contributed by atoms with van der Waals surface area (Å²) in [6.07, 6.45) is -0.965. The largest absolute Gasteiger partial charge is 0.496 e. The van der Waals surface area contributed by atoms with E-state index in [0.29, 0.717) is 5.75 Å². The van der Waals surface area contributed by atoms with Crippen LogP contribution < -0.4 is 9.47 Å². The maximum Gasteiger partial charge on any atom is 0.314 e. The molecule has 0 aromatic heterocycles. The molecule has 0 aliphatic carbocycles. The van der Waals surface area contributed by atoms with Gasteiger partial charge in [-0.2, -0.15) is 0 Å². The molecule has 0 radical (unpaired) electrons. The number of carbonyl (C=O) groups is 1. The van der Waals surface area contributed by atoms with Crippen molar-refractivity contribution in [1.29, 1.82) is 0 Å². The number of nitrogens with zero attached hydrogens (tertiary/aromatic N) is 1. The Hall–Kier alpha value is -2.96. The summed E-state index contributed by atoms with van der Waals surface area (Å²) in [7, 11) is 1.39. The second-order valence-electron chi connectivity index (χ2n) is 4.72. The third-order valence-electron chi connectivity index (χ3n) is 3.16. The zero-order valence-corrected chi connectivity index (χ0v) is 12.5. The quantitative estimate of drug-likeness (QED) is 0.463. The molecule has 6 nitrogen and oxygen atoms in total. The highest BCUT2D eigenvalue weighted by atomic mass is 19.1. The lowest BCUT2D eigenvalue weighted by Crippen LogP contribution is -2.24. The van der Waals surface area contributed by atoms with E-state index in [1.807, 2.05) is 0 Å². The van der Waals surface area contributed by atoms with E-state index in [0.717, 1.165) is 12.1 Å². The molecular formula is C16H14FNO5. The minimum absolute atomic E-state index is 0.0428. The normalized spacial score (nSPS) is 11.6. The van der Waals surface area contributed by atoms with Gasteiger partial charge in [0.15, 0.2) is 11.9 Å². The molecule has 23 heavy (non-hydrogen) atoms. The number of ketones is 1. The number of nitro groups is 1. The van der Waals surface area contributed by atoms with E-state index in [1.54, 1.807) is 0 Å². The zero-order chi connectivity index (χ0) is 17.0. The van der Waals surface area contributed by atoms with Crippen LogP contribution in [0.5, 0.6) is 11.5 Å². The molecule has 7 heteroatoms. The molecule has 0 unspecified atom stereocenters. The molecule has 0 heterocycles. The fourth-order valence-corrected chi connectivity index (χ4v) is 1.96. The van der Waals surface area contributed by atoms with Crippen LogP contribution in [-0.4, -0.2) is 23.9 Å². The van der Waals surface area contributed by atoms with Crippen molar-refractivity contribution >= 4 is 11.5 Å². The minimum Gasteiger partial charge on any atom is -0.496 e. The third-order valence-corrected chi connectivity index (χ3v) is 3.16. The molecule has 2 aromatic carbocycles. The Bertz CT molecular complexity index is 730. The van der Waals surface area contributed by atoms with Gasteiger partial charge in [-0.3, -0.25) is 14.9 Å². The Morgan fingerprint density at radius 1 is 1.22 bits per heavy atom. The van der Waals surface area contributed by atoms with Crippen LogP contribution in [0.4, 0.5) is 10.1 Å². The van der Waals surface area contributed by atoms with Gasteiger partial charge in [-0.15, -0.1) is 0 Å². The predicted molar refractivity (Wildman–Crippen MR) is 80.5 cm³/mol. The smallest absolute Gasteiger partial charge is 0.314 e. The van der Waals surface area contributed by atoms with Crippen LogP contribution in [0.25, 0.3) is 0 Å². The molecular weight excluding hydrogens is 305 g/mol. The fourth-order valence-electron chi connectivity index (χ4n) is 1.96. The third kappa shape index (κ3) is 3.82. The van der Waals surface area contributed by atoms with E-state index in [-0.39, 0.29) is 17.0 Å². The number of benzene rings is 2. The standard InChI is InChI=1S/C16H14FNO5/c1-10(16(19)11-3-5-12(17)6-4-11)23-15-8-7-13(22-2)9-14(15)18(20)21/h3-10H,1-2H3/t10-/m1/s1. The lowest BCUT2D eigenvalue weighted by molar-refractivity contribution is -0.386. The molecule has 0 aliphatic rings. The van der Waals surface area contributed by atoms with E-state index < -0.39 is 22.6 Å². The summed E-state index contributed by atoms with van der Waals surface area (Å²) in [6.45, 7) is 1.47. The molecule has 0 spiro atoms. The number of nitro benzene ring substituents is 1. The number of hydrogen-bond donors (Lipinski definition) is 0. The van der Waals surface area contributed by atoms with Crippen molar-refractivity contribution in [2.24, 2.45) is 0 Å². The van der Waals surface area contributed by atoms with Gasteiger partial charge < -0.3 is 9.47 Å². The molecule has 0 saturated carbocycles. The predicted octanol–water partition coefficient (Wildman–Crippen LogP) is 3.39. The van der Waals surface area contributed by atoms with E-state index in [4.69, 9.17) is 9.47 Å². The number of halogens is 1. The Labute approximate surface area is 131 Å². The molecule has 0 aliphatic heterocycles. The van der Waals surface area contributed by atoms with Crippen LogP contribution in [0.15, 0.2) is 42.5 Å². The number of hydrogen-bond acceptors (Lipinski definition) is 5. The zero-order valence-electron chi connectivity index (χ0n) is 12.5. The van der Waals surface area contributed by atoms with Crippen molar-refractivity contribution in [3.63, 3.8) is 0 Å². The van der Waals surface area contributed by atoms with E-state index in [2.05, 4.69) is 0 Å². The average molecular weight is 319 g/mol. The second-order valence-corrected chi connectivity index (χ2v) is 4.72. The number of ether oxygens (including phenoxy) is 2. The maximum atomic E-state index is 12.9. The topological polar surface area (TPSA) is 78.7 Å². The Morgan fingerprint density at radius 3 is 2.43 bits per heavy atom. The number of carbonyl (C=O) groups excluding carboxylic acids is 1. The lowest BCUT2D eigenvalue weighted by atomic mass is 10.1. The first-order valence-corrected chi connectivity index (χ1v) is 6.71. The molecule has 0 N–H and O–H groups in total. The van der Waals surface area contributed by atoms with Gasteiger partial charge in [-0.25, -0.2) is 4.39 Å². The Morgan fingerprint density at radius 2 is 1.87 bits per heavy atom. The van der Waals surface area contributed by atoms with Gasteiger partial charge in [0.05, 0.1) is 18.1 Å². The average Bonchev–Trinajstić information content (AvgIpc) is 2.55. The highest BCUT2D eigenvalue weighted by Crippen LogP contribution is 2.32. The monoisotopic (exact) mass is 319 g/mol. The molecule has 2 aromatic rings. The van der Waals surface area contributed by atoms with Crippen molar-refractivity contribution < 1.29 is 23.6 Å². The SMILES string of the molecule is COc1ccc(O[C@H](C)C(=O)c2ccc(F)cc2)c([N+](=O)[O-])c1. The van der Waals surface area contributed by atoms with Crippen LogP contribution in [0.1, 0.15) is 17.3 Å². The molecule has 2 rings (SSSR count). The number of Topliss-reactive ketones (excluding diaryl/α,β-unsaturated/α-hetero) is 1. The summed E-state index contributed by atoms with van der Waals surface area (Å²) in [6, 6.07) is 9.07. The van der Waals surface area contributed by atoms with Crippen LogP contribution in [0.3, 0.4) is 0 Å². The first kappa shape index (κ1) is 16.4. The summed E-state index contributed by atoms with van der Waals surface area (Å²) in [5.41, 5.74) is -0.0434. The minimum atomic E-state index is -0.965. The van der Waals surface area contributed by atoms with Gasteiger partial charge in [-0.1, -0.05) is 0 Å². The van der Waals surface area contributed by atoms with Gasteiger partial charge in [0.1, 0.15) is 11.6 Å². The summed E-state index contributed by atoms with van der Waals surface area (Å²) in [5, 5.41) is 11.1. The van der Waals surface area contributed by atoms with Crippen molar-refractivity contribution in [3.8, 4) is 11.5 Å². The van der Waals surface area contributed by atoms with Gasteiger partial charge in [0.25, 0.3) is 0 Å². The van der Waals surface area contributed by atoms with Gasteiger partial charge in [0.2, 0.25) is 5.78 Å². The van der Waals surface area contributed by atoms with Crippen LogP contribution >= 0.6 is 0 Å². The second kappa shape index (κ2) is 6.87. The number of rotatable bonds is 6. The fraction of sp³-hybridized carbons (Fsp3) is 0.188. The van der Waals surface area contributed by atoms with Crippen molar-refractivity contribution in [2.45, 2.75) is 13.0 Å². The molecule has 120 valence electrons. The first-order valence-electron chi connectivity index (χ1n) is 6.71. The maximum absolute atomic E-state index is 12.9. The molecule has 0 bridgehead atoms. The van der Waals surface area contributed by atoms with Gasteiger partial charge in [-0.05, 0) is 43.3 Å². The molecule has 0 saturated heterocycles. The van der Waals surface area contributed by atoms with Gasteiger partial charge >= 0.3 is 5.69 Å². The highest BCUT2D eigenvalue weighted by Gasteiger charge is 2.22. The summed E-state index contributed by atoms with van der Waals surface area (Å²) < 4.78 is 23.2. The lowest BCUT2D eigenvalue weighted by Gasteiger charge is -2.14. The van der Waals surface area contributed by atoms with Crippen molar-refractivity contribution in [3.05, 3.63) is 64.0 Å². The van der Waals surface area contributed by atoms with Crippen LogP contribution in [-0.2, 0) is 0 Å². The molecule has 0 amide bonds. The Kier molecular flexibility index (Phi) is 4.90. The number of methoxy groups -OCH3 is 1. The van der Waals surface area contributed by atoms with E-state index in [1.165, 1.54) is 44.4 Å². The first-order chi connectivity index (χ1) is 10.9. The van der Waals surface area contributed by atoms with Crippen molar-refractivity contribution in [1.82, 2.24) is 0 Å². The Balaban J connectivity index is 2.22. The summed E-state index contributed by atoms with van der Waals surface area (Å²) >= 11 is 0. The highest BCUT2D eigenvalue weighted by molar-refractivity contribution is 5.99.